The summed E-state index contributed by atoms with van der Waals surface area (Å²) >= 11 is 1.88. The summed E-state index contributed by atoms with van der Waals surface area (Å²) in [7, 11) is 0. The fraction of sp³-hybridized carbons (Fsp3) is 0.533. The normalized spacial score (nSPS) is 12.8. The molecule has 104 valence electrons. The van der Waals surface area contributed by atoms with Crippen LogP contribution in [-0.2, 0) is 6.54 Å². The smallest absolute Gasteiger partial charge is 0.0702 e. The number of nitrogens with one attached hydrogen (secondary N) is 1. The van der Waals surface area contributed by atoms with Crippen molar-refractivity contribution in [1.29, 1.82) is 0 Å². The molecule has 0 saturated heterocycles. The zero-order valence-corrected chi connectivity index (χ0v) is 13.0. The number of hydrogen-bond acceptors (Lipinski definition) is 3. The maximum absolute atomic E-state index is 4.45. The average molecular weight is 277 g/mol. The lowest BCUT2D eigenvalue weighted by Crippen LogP contribution is -2.20. The molecule has 3 nitrogen and oxygen atoms in total. The molecule has 0 aliphatic carbocycles. The van der Waals surface area contributed by atoms with E-state index in [0.29, 0.717) is 0 Å². The van der Waals surface area contributed by atoms with Crippen molar-refractivity contribution < 1.29 is 0 Å². The van der Waals surface area contributed by atoms with Gasteiger partial charge in [0.15, 0.2) is 0 Å². The number of rotatable bonds is 6. The predicted molar refractivity (Wildman–Crippen MR) is 81.8 cm³/mol. The second-order valence-corrected chi connectivity index (χ2v) is 6.20. The topological polar surface area (TPSA) is 29.9 Å². The molecule has 0 aromatic carbocycles. The van der Waals surface area contributed by atoms with Crippen LogP contribution in [0.25, 0.3) is 0 Å². The van der Waals surface area contributed by atoms with Gasteiger partial charge in [0.25, 0.3) is 0 Å². The molecule has 2 heterocycles. The third kappa shape index (κ3) is 3.25. The first-order valence-corrected chi connectivity index (χ1v) is 7.80. The zero-order chi connectivity index (χ0) is 13.8. The predicted octanol–water partition coefficient (Wildman–Crippen LogP) is 3.67. The number of thiophene rings is 1. The minimum atomic E-state index is 0.271. The van der Waals surface area contributed by atoms with Gasteiger partial charge >= 0.3 is 0 Å². The van der Waals surface area contributed by atoms with Crippen LogP contribution < -0.4 is 5.32 Å². The van der Waals surface area contributed by atoms with Crippen molar-refractivity contribution in [3.05, 3.63) is 39.3 Å². The lowest BCUT2D eigenvalue weighted by atomic mass is 10.1. The van der Waals surface area contributed by atoms with E-state index in [1.807, 2.05) is 22.2 Å². The molecule has 1 unspecified atom stereocenters. The first-order chi connectivity index (χ1) is 9.15. The molecule has 0 spiro atoms. The number of aryl methyl sites for hydroxylation is 3. The van der Waals surface area contributed by atoms with Crippen LogP contribution in [0, 0.1) is 13.8 Å². The van der Waals surface area contributed by atoms with Gasteiger partial charge in [0, 0.05) is 28.1 Å². The molecule has 1 N–H and O–H groups in total. The maximum Gasteiger partial charge on any atom is 0.0702 e. The summed E-state index contributed by atoms with van der Waals surface area (Å²) in [5, 5.41) is 8.01. The minimum Gasteiger partial charge on any atom is -0.306 e. The van der Waals surface area contributed by atoms with Crippen LogP contribution in [0.5, 0.6) is 0 Å². The second-order valence-electron chi connectivity index (χ2n) is 4.92. The molecule has 0 fully saturated rings. The summed E-state index contributed by atoms with van der Waals surface area (Å²) in [6, 6.07) is 2.57. The van der Waals surface area contributed by atoms with Crippen LogP contribution in [0.1, 0.15) is 47.2 Å². The summed E-state index contributed by atoms with van der Waals surface area (Å²) in [6.07, 6.45) is 5.28. The van der Waals surface area contributed by atoms with Gasteiger partial charge in [-0.1, -0.05) is 13.8 Å². The van der Waals surface area contributed by atoms with Crippen molar-refractivity contribution in [3.8, 4) is 0 Å². The Morgan fingerprint density at radius 3 is 2.74 bits per heavy atom. The molecule has 2 rings (SSSR count). The van der Waals surface area contributed by atoms with Crippen LogP contribution in [0.2, 0.25) is 0 Å². The molecule has 0 bridgehead atoms. The molecule has 0 aliphatic heterocycles. The molecule has 4 heteroatoms. The van der Waals surface area contributed by atoms with Crippen molar-refractivity contribution in [3.63, 3.8) is 0 Å². The summed E-state index contributed by atoms with van der Waals surface area (Å²) in [4.78, 5) is 2.78. The van der Waals surface area contributed by atoms with E-state index in [9.17, 15) is 0 Å². The van der Waals surface area contributed by atoms with E-state index in [0.717, 1.165) is 19.5 Å². The Bertz CT molecular complexity index is 508. The SMILES string of the molecule is CCCn1cc(C(NCC)c2cc(C)c(C)s2)cn1. The van der Waals surface area contributed by atoms with Gasteiger partial charge in [-0.05, 0) is 38.4 Å². The summed E-state index contributed by atoms with van der Waals surface area (Å²) in [6.45, 7) is 10.6. The first-order valence-electron chi connectivity index (χ1n) is 6.98. The number of aromatic nitrogens is 2. The van der Waals surface area contributed by atoms with Gasteiger partial charge in [-0.2, -0.15) is 5.10 Å². The lowest BCUT2D eigenvalue weighted by Gasteiger charge is -2.14. The van der Waals surface area contributed by atoms with Gasteiger partial charge in [0.1, 0.15) is 0 Å². The van der Waals surface area contributed by atoms with E-state index in [-0.39, 0.29) is 6.04 Å². The molecule has 2 aromatic heterocycles. The van der Waals surface area contributed by atoms with Crippen LogP contribution in [0.3, 0.4) is 0 Å². The van der Waals surface area contributed by atoms with Gasteiger partial charge in [0.05, 0.1) is 12.2 Å². The molecule has 0 amide bonds. The monoisotopic (exact) mass is 277 g/mol. The Labute approximate surface area is 119 Å². The number of nitrogens with zero attached hydrogens (tertiary/aromatic N) is 2. The third-order valence-electron chi connectivity index (χ3n) is 3.32. The van der Waals surface area contributed by atoms with Gasteiger partial charge in [-0.15, -0.1) is 11.3 Å². The highest BCUT2D eigenvalue weighted by atomic mass is 32.1. The van der Waals surface area contributed by atoms with E-state index in [2.05, 4.69) is 50.4 Å². The van der Waals surface area contributed by atoms with Gasteiger partial charge in [0.2, 0.25) is 0 Å². The van der Waals surface area contributed by atoms with Gasteiger partial charge in [-0.3, -0.25) is 4.68 Å². The molecule has 0 saturated carbocycles. The average Bonchev–Trinajstić information content (AvgIpc) is 2.95. The minimum absolute atomic E-state index is 0.271. The van der Waals surface area contributed by atoms with Crippen molar-refractivity contribution in [2.45, 2.75) is 46.7 Å². The van der Waals surface area contributed by atoms with Crippen molar-refractivity contribution >= 4 is 11.3 Å². The zero-order valence-electron chi connectivity index (χ0n) is 12.2. The van der Waals surface area contributed by atoms with E-state index in [1.165, 1.54) is 20.9 Å². The van der Waals surface area contributed by atoms with Crippen molar-refractivity contribution in [2.75, 3.05) is 6.54 Å². The molecular weight excluding hydrogens is 254 g/mol. The van der Waals surface area contributed by atoms with Crippen LogP contribution in [-0.4, -0.2) is 16.3 Å². The molecule has 2 aromatic rings. The van der Waals surface area contributed by atoms with Crippen molar-refractivity contribution in [1.82, 2.24) is 15.1 Å². The maximum atomic E-state index is 4.45. The quantitative estimate of drug-likeness (QED) is 0.873. The van der Waals surface area contributed by atoms with E-state index >= 15 is 0 Å². The largest absolute Gasteiger partial charge is 0.306 e. The molecule has 0 radical (unpaired) electrons. The highest BCUT2D eigenvalue weighted by molar-refractivity contribution is 7.12. The third-order valence-corrected chi connectivity index (χ3v) is 4.53. The Kier molecular flexibility index (Phi) is 4.77. The standard InChI is InChI=1S/C15H23N3S/c1-5-7-18-10-13(9-17-18)15(16-6-2)14-8-11(3)12(4)19-14/h8-10,15-16H,5-7H2,1-4H3. The van der Waals surface area contributed by atoms with Crippen LogP contribution >= 0.6 is 11.3 Å². The second kappa shape index (κ2) is 6.35. The number of hydrogen-bond donors (Lipinski definition) is 1. The van der Waals surface area contributed by atoms with E-state index < -0.39 is 0 Å². The summed E-state index contributed by atoms with van der Waals surface area (Å²) in [5.41, 5.74) is 2.64. The van der Waals surface area contributed by atoms with Gasteiger partial charge in [-0.25, -0.2) is 0 Å². The molecule has 19 heavy (non-hydrogen) atoms. The van der Waals surface area contributed by atoms with E-state index in [1.54, 1.807) is 0 Å². The van der Waals surface area contributed by atoms with Crippen LogP contribution in [0.4, 0.5) is 0 Å². The fourth-order valence-electron chi connectivity index (χ4n) is 2.21. The highest BCUT2D eigenvalue weighted by Gasteiger charge is 2.17. The van der Waals surface area contributed by atoms with Crippen LogP contribution in [0.15, 0.2) is 18.5 Å². The van der Waals surface area contributed by atoms with Crippen molar-refractivity contribution in [2.24, 2.45) is 0 Å². The van der Waals surface area contributed by atoms with E-state index in [4.69, 9.17) is 0 Å². The fourth-order valence-corrected chi connectivity index (χ4v) is 3.36. The Hall–Kier alpha value is -1.13. The summed E-state index contributed by atoms with van der Waals surface area (Å²) in [5.74, 6) is 0. The first kappa shape index (κ1) is 14.3. The van der Waals surface area contributed by atoms with Gasteiger partial charge < -0.3 is 5.32 Å². The Morgan fingerprint density at radius 2 is 2.16 bits per heavy atom. The molecule has 0 aliphatic rings. The Balaban J connectivity index is 2.27. The lowest BCUT2D eigenvalue weighted by molar-refractivity contribution is 0.598. The highest BCUT2D eigenvalue weighted by Crippen LogP contribution is 2.30. The Morgan fingerprint density at radius 1 is 1.37 bits per heavy atom. The molecule has 1 atom stereocenters. The molecular formula is C15H23N3S. The summed E-state index contributed by atoms with van der Waals surface area (Å²) < 4.78 is 2.03.